The van der Waals surface area contributed by atoms with Crippen LogP contribution in [0.4, 0.5) is 0 Å². The maximum Gasteiger partial charge on any atom is 0.165 e. The lowest BCUT2D eigenvalue weighted by atomic mass is 9.67. The lowest BCUT2D eigenvalue weighted by Crippen LogP contribution is -2.32. The topological polar surface area (TPSA) is 68.3 Å². The molecule has 1 aliphatic carbocycles. The largest absolute Gasteiger partial charge is 0.309 e. The zero-order valence-corrected chi connectivity index (χ0v) is 55.4. The van der Waals surface area contributed by atoms with E-state index < -0.39 is 5.41 Å². The number of thiophene rings is 1. The van der Waals surface area contributed by atoms with E-state index in [-0.39, 0.29) is 0 Å². The van der Waals surface area contributed by atoms with Crippen LogP contribution < -0.4 is 0 Å². The Balaban J connectivity index is 0.744. The minimum absolute atomic E-state index is 0.588. The Bertz CT molecular complexity index is 5970. The highest BCUT2D eigenvalue weighted by Gasteiger charge is 2.50. The Morgan fingerprint density at radius 2 is 0.949 bits per heavy atom. The summed E-state index contributed by atoms with van der Waals surface area (Å²) in [6.45, 7) is 4.42. The number of aromatic nitrogens is 4. The smallest absolute Gasteiger partial charge is 0.165 e. The van der Waals surface area contributed by atoms with E-state index in [0.29, 0.717) is 23.3 Å². The van der Waals surface area contributed by atoms with Crippen LogP contribution in [0.25, 0.3) is 121 Å². The van der Waals surface area contributed by atoms with Crippen molar-refractivity contribution in [1.29, 1.82) is 0 Å². The van der Waals surface area contributed by atoms with Crippen molar-refractivity contribution in [3.05, 3.63) is 353 Å². The second-order valence-corrected chi connectivity index (χ2v) is 27.9. The predicted molar refractivity (Wildman–Crippen MR) is 408 cm³/mol. The number of hydrogen-bond donors (Lipinski definition) is 0. The van der Waals surface area contributed by atoms with E-state index in [4.69, 9.17) is 24.9 Å². The SMILES string of the molecule is C/C1=C(/c2cccc3c2c2ccc(-c4ccc5c(c4)-c4ccccc4C54c5ccccc5Sc5c(-c6ccc7c(c6)sc6c(-c8nc(-c9ccccc9)nc(-c9ccccc9)n8)cccc67)cccc54)cc2n3-c2ccc(C)cc2)N=C(c2ccccc2)N=C(c2ccccc2)CC1. The number of aliphatic imine (C=N–C) groups is 2. The van der Waals surface area contributed by atoms with Crippen molar-refractivity contribution in [2.75, 3.05) is 0 Å². The highest BCUT2D eigenvalue weighted by molar-refractivity contribution is 7.99. The zero-order chi connectivity index (χ0) is 65.0. The number of fused-ring (bicyclic) bond motifs is 15. The van der Waals surface area contributed by atoms with Crippen LogP contribution in [0.15, 0.2) is 329 Å². The summed E-state index contributed by atoms with van der Waals surface area (Å²) in [5, 5.41) is 4.75. The Morgan fingerprint density at radius 1 is 0.367 bits per heavy atom. The van der Waals surface area contributed by atoms with Gasteiger partial charge in [-0.25, -0.2) is 24.9 Å². The van der Waals surface area contributed by atoms with Crippen LogP contribution in [-0.2, 0) is 5.41 Å². The molecule has 0 fully saturated rings. The number of benzene rings is 13. The van der Waals surface area contributed by atoms with Crippen LogP contribution in [0.3, 0.4) is 0 Å². The fourth-order valence-corrected chi connectivity index (χ4v) is 18.1. The summed E-state index contributed by atoms with van der Waals surface area (Å²) in [5.41, 5.74) is 25.8. The minimum Gasteiger partial charge on any atom is -0.309 e. The van der Waals surface area contributed by atoms with Crippen molar-refractivity contribution >= 4 is 82.3 Å². The lowest BCUT2D eigenvalue weighted by molar-refractivity contribution is 0.723. The van der Waals surface area contributed by atoms with E-state index >= 15 is 0 Å². The van der Waals surface area contributed by atoms with Crippen LogP contribution in [0.5, 0.6) is 0 Å². The van der Waals surface area contributed by atoms with Gasteiger partial charge in [0.1, 0.15) is 0 Å². The number of aryl methyl sites for hydroxylation is 1. The van der Waals surface area contributed by atoms with Crippen LogP contribution in [0, 0.1) is 6.92 Å². The Hall–Kier alpha value is -11.7. The highest BCUT2D eigenvalue weighted by Crippen LogP contribution is 2.64. The van der Waals surface area contributed by atoms with Crippen LogP contribution in [-0.4, -0.2) is 31.1 Å². The summed E-state index contributed by atoms with van der Waals surface area (Å²) in [4.78, 5) is 29.0. The number of hydrogen-bond acceptors (Lipinski definition) is 7. The third-order valence-corrected chi connectivity index (χ3v) is 22.5. The predicted octanol–water partition coefficient (Wildman–Crippen LogP) is 23.3. The van der Waals surface area contributed by atoms with Crippen LogP contribution >= 0.6 is 23.1 Å². The Labute approximate surface area is 576 Å². The second-order valence-electron chi connectivity index (χ2n) is 25.8. The summed E-state index contributed by atoms with van der Waals surface area (Å²) >= 11 is 3.71. The first kappa shape index (κ1) is 57.7. The monoisotopic (exact) mass is 1290 g/mol. The maximum atomic E-state index is 5.63. The van der Waals surface area contributed by atoms with Crippen LogP contribution in [0.2, 0.25) is 0 Å². The average molecular weight is 1290 g/mol. The molecule has 0 bridgehead atoms. The fraction of sp³-hybridized carbons (Fsp3) is 0.0556. The van der Waals surface area contributed by atoms with Crippen molar-refractivity contribution in [2.45, 2.75) is 41.9 Å². The molecule has 0 saturated carbocycles. The number of rotatable bonds is 9. The molecular formula is C90H60N6S2. The third kappa shape index (κ3) is 9.34. The molecule has 19 rings (SSSR count). The molecule has 0 saturated heterocycles. The molecule has 5 heterocycles. The standard InChI is InChI=1S/C90H60N6S2/c1-55-40-46-64(47-41-55)96-78-38-21-33-70(83-56(2)42-51-77(57-22-7-3-8-23-57)91-86(92-83)58-24-9-4-10-25-58)82(78)69-49-43-62(53-79(69)96)61-45-50-74-72(52-61)66-30-15-16-35-73(66)90(74)75-36-17-18-39-80(75)97-85-65(31-20-37-76(85)90)63-44-48-67-68-32-19-34-71(84(68)98-81(67)54-63)89-94-87(59-26-11-5-12-27-59)93-88(95-89)60-28-13-6-14-29-60/h3-41,43-50,52-54H,42,51H2,1-2H3/b83-56+,91-77?,92-86?. The molecule has 462 valence electrons. The van der Waals surface area contributed by atoms with Gasteiger partial charge >= 0.3 is 0 Å². The molecule has 8 heteroatoms. The molecule has 13 aromatic carbocycles. The van der Waals surface area contributed by atoms with Gasteiger partial charge in [-0.05, 0) is 142 Å². The van der Waals surface area contributed by atoms with Gasteiger partial charge in [0.05, 0.1) is 27.9 Å². The van der Waals surface area contributed by atoms with E-state index in [9.17, 15) is 0 Å². The third-order valence-electron chi connectivity index (χ3n) is 20.1. The minimum atomic E-state index is -0.588. The molecule has 2 aliphatic heterocycles. The quantitative estimate of drug-likeness (QED) is 0.144. The molecule has 0 N–H and O–H groups in total. The van der Waals surface area contributed by atoms with Gasteiger partial charge in [-0.3, -0.25) is 0 Å². The van der Waals surface area contributed by atoms with Crippen molar-refractivity contribution in [3.8, 4) is 73.2 Å². The Morgan fingerprint density at radius 3 is 1.71 bits per heavy atom. The van der Waals surface area contributed by atoms with Gasteiger partial charge in [0.2, 0.25) is 0 Å². The van der Waals surface area contributed by atoms with Crippen molar-refractivity contribution in [1.82, 2.24) is 19.5 Å². The van der Waals surface area contributed by atoms with E-state index in [2.05, 4.69) is 285 Å². The first-order chi connectivity index (χ1) is 48.4. The summed E-state index contributed by atoms with van der Waals surface area (Å²) < 4.78 is 4.82. The first-order valence-electron chi connectivity index (χ1n) is 33.5. The number of allylic oxidation sites excluding steroid dienone is 1. The van der Waals surface area contributed by atoms with Gasteiger partial charge in [0.15, 0.2) is 23.3 Å². The molecule has 0 radical (unpaired) electrons. The number of nitrogens with zero attached hydrogens (tertiary/aromatic N) is 6. The van der Waals surface area contributed by atoms with Crippen molar-refractivity contribution < 1.29 is 0 Å². The molecule has 98 heavy (non-hydrogen) atoms. The van der Waals surface area contributed by atoms with Crippen molar-refractivity contribution in [3.63, 3.8) is 0 Å². The average Bonchev–Trinajstić information content (AvgIpc) is 1.47. The zero-order valence-electron chi connectivity index (χ0n) is 53.8. The molecule has 16 aromatic rings. The van der Waals surface area contributed by atoms with E-state index in [0.717, 1.165) is 90.2 Å². The molecule has 6 nitrogen and oxygen atoms in total. The molecule has 3 aromatic heterocycles. The summed E-state index contributed by atoms with van der Waals surface area (Å²) in [7, 11) is 0. The molecule has 1 atom stereocenters. The highest BCUT2D eigenvalue weighted by atomic mass is 32.2. The van der Waals surface area contributed by atoms with Gasteiger partial charge in [0.25, 0.3) is 0 Å². The van der Waals surface area contributed by atoms with Gasteiger partial charge < -0.3 is 4.57 Å². The number of amidine groups is 1. The van der Waals surface area contributed by atoms with E-state index in [1.54, 1.807) is 0 Å². The molecule has 3 aliphatic rings. The summed E-state index contributed by atoms with van der Waals surface area (Å²) in [5.74, 6) is 2.68. The van der Waals surface area contributed by atoms with Gasteiger partial charge in [-0.2, -0.15) is 0 Å². The molecule has 1 spiro atoms. The maximum absolute atomic E-state index is 5.63. The summed E-state index contributed by atoms with van der Waals surface area (Å²) in [6, 6.07) is 110. The molecule has 0 amide bonds. The lowest BCUT2D eigenvalue weighted by Gasteiger charge is -2.40. The van der Waals surface area contributed by atoms with E-state index in [1.165, 1.54) is 91.7 Å². The Kier molecular flexibility index (Phi) is 13.7. The van der Waals surface area contributed by atoms with E-state index in [1.807, 2.05) is 59.5 Å². The molecule has 1 unspecified atom stereocenters. The van der Waals surface area contributed by atoms with Gasteiger partial charge in [-0.1, -0.05) is 272 Å². The summed E-state index contributed by atoms with van der Waals surface area (Å²) in [6.07, 6.45) is 1.63. The van der Waals surface area contributed by atoms with Gasteiger partial charge in [-0.15, -0.1) is 11.3 Å². The van der Waals surface area contributed by atoms with Crippen LogP contribution in [0.1, 0.15) is 64.3 Å². The van der Waals surface area contributed by atoms with Crippen molar-refractivity contribution in [2.24, 2.45) is 9.98 Å². The first-order valence-corrected chi connectivity index (χ1v) is 35.1. The normalized spacial score (nSPS) is 15.6. The second kappa shape index (κ2) is 23.3. The fourth-order valence-electron chi connectivity index (χ4n) is 15.5. The molecular weight excluding hydrogens is 1230 g/mol. The van der Waals surface area contributed by atoms with Gasteiger partial charge in [0, 0.05) is 74.2 Å².